The number of likely N-dealkylation sites (tertiary alicyclic amines) is 1. The minimum atomic E-state index is -1.41. The van der Waals surface area contributed by atoms with Gasteiger partial charge in [0.2, 0.25) is 5.91 Å². The van der Waals surface area contributed by atoms with E-state index in [0.29, 0.717) is 13.0 Å². The van der Waals surface area contributed by atoms with Crippen LogP contribution < -0.4 is 5.32 Å². The Labute approximate surface area is 210 Å². The maximum atomic E-state index is 13.3. The predicted molar refractivity (Wildman–Crippen MR) is 143 cm³/mol. The molecule has 0 aliphatic carbocycles. The molecular weight excluding hydrogens is 454 g/mol. The van der Waals surface area contributed by atoms with E-state index in [1.54, 1.807) is 0 Å². The van der Waals surface area contributed by atoms with E-state index >= 15 is 0 Å². The van der Waals surface area contributed by atoms with Crippen molar-refractivity contribution in [2.24, 2.45) is 10.9 Å². The molecule has 0 aromatic heterocycles. The number of carbonyl (C=O) groups excluding carboxylic acids is 2. The zero-order chi connectivity index (χ0) is 25.6. The van der Waals surface area contributed by atoms with Gasteiger partial charge in [-0.1, -0.05) is 51.5 Å². The van der Waals surface area contributed by atoms with Crippen molar-refractivity contribution in [3.63, 3.8) is 0 Å². The van der Waals surface area contributed by atoms with Crippen molar-refractivity contribution in [3.8, 4) is 23.3 Å². The number of nitrogens with one attached hydrogen (secondary N) is 1. The topological polar surface area (TPSA) is 71.0 Å². The molecule has 1 N–H and O–H groups in total. The van der Waals surface area contributed by atoms with Crippen molar-refractivity contribution in [1.29, 1.82) is 0 Å². The standard InChI is InChI=1S/C28H35N3O3Si/c1-20(2)26(30-28(33)34-3)27(32)31-16-9-11-25(31)24-18-23(19-29-24)22-14-12-21(13-15-22)10-7-8-17-35(4,5)6/h12-15,19-20,25-26H,9,11,16,18H2,1-6H3,(H,30,33)/t25-,26-/m0/s1. The van der Waals surface area contributed by atoms with Crippen LogP contribution >= 0.6 is 0 Å². The number of aliphatic imine (C=N–C) groups is 1. The van der Waals surface area contributed by atoms with Gasteiger partial charge in [0.15, 0.2) is 0 Å². The van der Waals surface area contributed by atoms with E-state index in [9.17, 15) is 9.59 Å². The summed E-state index contributed by atoms with van der Waals surface area (Å²) in [5, 5.41) is 2.70. The summed E-state index contributed by atoms with van der Waals surface area (Å²) in [4.78, 5) is 31.7. The van der Waals surface area contributed by atoms with Gasteiger partial charge in [-0.25, -0.2) is 4.79 Å². The summed E-state index contributed by atoms with van der Waals surface area (Å²) < 4.78 is 4.72. The second-order valence-corrected chi connectivity index (χ2v) is 15.1. The lowest BCUT2D eigenvalue weighted by Crippen LogP contribution is -2.53. The van der Waals surface area contributed by atoms with Crippen molar-refractivity contribution in [2.45, 2.75) is 64.8 Å². The minimum absolute atomic E-state index is 0.0490. The second-order valence-electron chi connectivity index (χ2n) is 10.3. The van der Waals surface area contributed by atoms with Crippen molar-refractivity contribution in [1.82, 2.24) is 10.2 Å². The fourth-order valence-corrected chi connectivity index (χ4v) is 4.61. The van der Waals surface area contributed by atoms with E-state index in [4.69, 9.17) is 9.73 Å². The highest BCUT2D eigenvalue weighted by Gasteiger charge is 2.38. The third-order valence-corrected chi connectivity index (χ3v) is 6.91. The Kier molecular flexibility index (Phi) is 8.59. The number of carbonyl (C=O) groups is 2. The largest absolute Gasteiger partial charge is 0.453 e. The highest BCUT2D eigenvalue weighted by molar-refractivity contribution is 6.83. The zero-order valence-electron chi connectivity index (χ0n) is 21.6. The average Bonchev–Trinajstić information content (AvgIpc) is 3.49. The molecule has 0 radical (unpaired) electrons. The molecule has 0 saturated carbocycles. The number of rotatable bonds is 5. The number of ether oxygens (including phenoxy) is 1. The van der Waals surface area contributed by atoms with E-state index in [1.165, 1.54) is 7.11 Å². The van der Waals surface area contributed by atoms with E-state index in [-0.39, 0.29) is 17.9 Å². The van der Waals surface area contributed by atoms with Crippen LogP contribution in [-0.2, 0) is 9.53 Å². The Morgan fingerprint density at radius 3 is 2.51 bits per heavy atom. The van der Waals surface area contributed by atoms with E-state index in [2.05, 4.69) is 60.4 Å². The normalized spacial score (nSPS) is 18.0. The SMILES string of the molecule is COC(=O)N[C@H](C(=O)N1CCC[C@H]1C1=NC=C(c2ccc(C#CC#C[Si](C)(C)C)cc2)C1)C(C)C. The summed E-state index contributed by atoms with van der Waals surface area (Å²) in [6.45, 7) is 11.1. The summed E-state index contributed by atoms with van der Waals surface area (Å²) in [5.74, 6) is 8.92. The molecule has 0 spiro atoms. The van der Waals surface area contributed by atoms with Gasteiger partial charge in [0, 0.05) is 30.4 Å². The fourth-order valence-electron chi connectivity index (χ4n) is 4.17. The van der Waals surface area contributed by atoms with Crippen molar-refractivity contribution in [3.05, 3.63) is 41.6 Å². The number of benzene rings is 1. The molecule has 7 heteroatoms. The van der Waals surface area contributed by atoms with Crippen LogP contribution in [-0.4, -0.2) is 56.4 Å². The van der Waals surface area contributed by atoms with Crippen LogP contribution in [0.1, 0.15) is 44.2 Å². The predicted octanol–water partition coefficient (Wildman–Crippen LogP) is 4.48. The third kappa shape index (κ3) is 7.10. The first-order chi connectivity index (χ1) is 16.6. The van der Waals surface area contributed by atoms with Crippen LogP contribution in [0.5, 0.6) is 0 Å². The molecule has 2 aliphatic rings. The Balaban J connectivity index is 1.65. The van der Waals surface area contributed by atoms with Gasteiger partial charge in [0.1, 0.15) is 14.1 Å². The fraction of sp³-hybridized carbons (Fsp3) is 0.464. The lowest BCUT2D eigenvalue weighted by atomic mass is 9.97. The van der Waals surface area contributed by atoms with Crippen LogP contribution in [0.15, 0.2) is 35.5 Å². The molecule has 0 unspecified atom stereocenters. The molecule has 2 amide bonds. The molecule has 1 saturated heterocycles. The monoisotopic (exact) mass is 489 g/mol. The van der Waals surface area contributed by atoms with Crippen LogP contribution in [0.2, 0.25) is 19.6 Å². The first-order valence-corrected chi connectivity index (χ1v) is 15.6. The quantitative estimate of drug-likeness (QED) is 0.490. The molecule has 2 aliphatic heterocycles. The summed E-state index contributed by atoms with van der Waals surface area (Å²) in [7, 11) is -0.102. The average molecular weight is 490 g/mol. The molecule has 35 heavy (non-hydrogen) atoms. The Hall–Kier alpha value is -3.29. The number of hydrogen-bond acceptors (Lipinski definition) is 4. The van der Waals surface area contributed by atoms with Gasteiger partial charge < -0.3 is 15.0 Å². The van der Waals surface area contributed by atoms with Gasteiger partial charge in [-0.05, 0) is 53.9 Å². The molecular formula is C28H35N3O3Si. The van der Waals surface area contributed by atoms with Gasteiger partial charge in [-0.3, -0.25) is 9.79 Å². The number of hydrogen-bond donors (Lipinski definition) is 1. The Bertz CT molecular complexity index is 1140. The number of methoxy groups -OCH3 is 1. The third-order valence-electron chi connectivity index (χ3n) is 6.03. The maximum Gasteiger partial charge on any atom is 0.407 e. The molecule has 1 aromatic carbocycles. The van der Waals surface area contributed by atoms with Gasteiger partial charge in [-0.2, -0.15) is 0 Å². The van der Waals surface area contributed by atoms with Crippen molar-refractivity contribution in [2.75, 3.05) is 13.7 Å². The van der Waals surface area contributed by atoms with Crippen molar-refractivity contribution >= 4 is 31.4 Å². The van der Waals surface area contributed by atoms with Gasteiger partial charge in [-0.15, -0.1) is 5.54 Å². The van der Waals surface area contributed by atoms with Crippen LogP contribution in [0.25, 0.3) is 5.57 Å². The number of nitrogens with zero attached hydrogens (tertiary/aromatic N) is 2. The molecule has 3 rings (SSSR count). The maximum absolute atomic E-state index is 13.3. The van der Waals surface area contributed by atoms with E-state index in [1.807, 2.05) is 37.1 Å². The van der Waals surface area contributed by atoms with Gasteiger partial charge >= 0.3 is 6.09 Å². The zero-order valence-corrected chi connectivity index (χ0v) is 22.6. The summed E-state index contributed by atoms with van der Waals surface area (Å²) in [6.07, 6.45) is 3.82. The van der Waals surface area contributed by atoms with Crippen LogP contribution in [0, 0.1) is 29.2 Å². The molecule has 2 atom stereocenters. The molecule has 1 aromatic rings. The molecule has 2 heterocycles. The first kappa shape index (κ1) is 26.3. The molecule has 1 fully saturated rings. The van der Waals surface area contributed by atoms with Gasteiger partial charge in [0.05, 0.1) is 13.2 Å². The Morgan fingerprint density at radius 2 is 1.89 bits per heavy atom. The highest BCUT2D eigenvalue weighted by atomic mass is 28.3. The summed E-state index contributed by atoms with van der Waals surface area (Å²) in [6, 6.07) is 7.47. The van der Waals surface area contributed by atoms with Crippen LogP contribution in [0.3, 0.4) is 0 Å². The molecule has 0 bridgehead atoms. The van der Waals surface area contributed by atoms with E-state index < -0.39 is 20.2 Å². The minimum Gasteiger partial charge on any atom is -0.453 e. The molecule has 6 nitrogen and oxygen atoms in total. The number of alkyl carbamates (subject to hydrolysis) is 1. The summed E-state index contributed by atoms with van der Waals surface area (Å²) in [5.41, 5.74) is 7.42. The first-order valence-electron chi connectivity index (χ1n) is 12.1. The van der Waals surface area contributed by atoms with Crippen molar-refractivity contribution < 1.29 is 14.3 Å². The lowest BCUT2D eigenvalue weighted by Gasteiger charge is -2.31. The number of allylic oxidation sites excluding steroid dienone is 1. The molecule has 184 valence electrons. The second kappa shape index (κ2) is 11.4. The smallest absolute Gasteiger partial charge is 0.407 e. The number of amides is 2. The highest BCUT2D eigenvalue weighted by Crippen LogP contribution is 2.30. The lowest BCUT2D eigenvalue weighted by molar-refractivity contribution is -0.134. The Morgan fingerprint density at radius 1 is 1.17 bits per heavy atom. The van der Waals surface area contributed by atoms with Gasteiger partial charge in [0.25, 0.3) is 0 Å². The summed E-state index contributed by atoms with van der Waals surface area (Å²) >= 11 is 0. The van der Waals surface area contributed by atoms with Crippen LogP contribution in [0.4, 0.5) is 4.79 Å². The van der Waals surface area contributed by atoms with E-state index in [0.717, 1.165) is 35.3 Å².